The van der Waals surface area contributed by atoms with Crippen molar-refractivity contribution in [3.05, 3.63) is 11.8 Å². The molecule has 0 fully saturated rings. The van der Waals surface area contributed by atoms with Crippen molar-refractivity contribution in [2.45, 2.75) is 12.6 Å². The van der Waals surface area contributed by atoms with Crippen molar-refractivity contribution in [3.8, 4) is 0 Å². The van der Waals surface area contributed by atoms with E-state index < -0.39 is 11.9 Å². The van der Waals surface area contributed by atoms with Gasteiger partial charge in [0.15, 0.2) is 5.69 Å². The van der Waals surface area contributed by atoms with Crippen molar-refractivity contribution < 1.29 is 13.2 Å². The highest BCUT2D eigenvalue weighted by Gasteiger charge is 2.33. The van der Waals surface area contributed by atoms with Gasteiger partial charge in [0.05, 0.1) is 0 Å². The van der Waals surface area contributed by atoms with E-state index in [2.05, 4.69) is 15.3 Å². The van der Waals surface area contributed by atoms with Crippen molar-refractivity contribution in [1.29, 1.82) is 0 Å². The molecule has 0 amide bonds. The average Bonchev–Trinajstić information content (AvgIpc) is 2.33. The van der Waals surface area contributed by atoms with Gasteiger partial charge in [-0.05, 0) is 18.4 Å². The van der Waals surface area contributed by atoms with Gasteiger partial charge in [0.1, 0.15) is 5.82 Å². The maximum atomic E-state index is 12.7. The fraction of sp³-hybridized carbons (Fsp3) is 0.636. The third-order valence-electron chi connectivity index (χ3n) is 2.27. The highest BCUT2D eigenvalue weighted by Crippen LogP contribution is 2.30. The first-order valence-corrected chi connectivity index (χ1v) is 7.10. The highest BCUT2D eigenvalue weighted by atomic mass is 32.2. The van der Waals surface area contributed by atoms with Gasteiger partial charge in [-0.25, -0.2) is 4.98 Å². The molecule has 0 spiro atoms. The van der Waals surface area contributed by atoms with E-state index in [9.17, 15) is 13.2 Å². The molecule has 1 rings (SSSR count). The van der Waals surface area contributed by atoms with Crippen LogP contribution in [-0.2, 0) is 6.18 Å². The van der Waals surface area contributed by atoms with Gasteiger partial charge in [0.25, 0.3) is 0 Å². The van der Waals surface area contributed by atoms with Gasteiger partial charge in [-0.2, -0.15) is 29.9 Å². The van der Waals surface area contributed by atoms with Crippen LogP contribution < -0.4 is 10.2 Å². The topological polar surface area (TPSA) is 41.1 Å². The van der Waals surface area contributed by atoms with Crippen LogP contribution in [0.3, 0.4) is 0 Å². The maximum absolute atomic E-state index is 12.7. The van der Waals surface area contributed by atoms with Crippen molar-refractivity contribution in [2.75, 3.05) is 42.9 Å². The van der Waals surface area contributed by atoms with Gasteiger partial charge in [-0.1, -0.05) is 0 Å². The zero-order chi connectivity index (χ0) is 14.5. The van der Waals surface area contributed by atoms with Gasteiger partial charge in [-0.3, -0.25) is 0 Å². The molecule has 1 aromatic rings. The SMILES string of the molecule is CSCCCNc1nc(N(C)C)cc(C(F)(F)F)n1. The normalized spacial score (nSPS) is 11.5. The lowest BCUT2D eigenvalue weighted by molar-refractivity contribution is -0.141. The van der Waals surface area contributed by atoms with Crippen LogP contribution in [0.5, 0.6) is 0 Å². The van der Waals surface area contributed by atoms with Crippen molar-refractivity contribution in [3.63, 3.8) is 0 Å². The number of aromatic nitrogens is 2. The minimum absolute atomic E-state index is 0.0135. The van der Waals surface area contributed by atoms with Crippen LogP contribution in [0.4, 0.5) is 24.9 Å². The summed E-state index contributed by atoms with van der Waals surface area (Å²) in [5.41, 5.74) is -0.932. The second-order valence-corrected chi connectivity index (χ2v) is 5.09. The van der Waals surface area contributed by atoms with Crippen LogP contribution in [0.1, 0.15) is 12.1 Å². The minimum Gasteiger partial charge on any atom is -0.363 e. The molecule has 0 bridgehead atoms. The lowest BCUT2D eigenvalue weighted by Gasteiger charge is -2.15. The van der Waals surface area contributed by atoms with Crippen molar-refractivity contribution >= 4 is 23.5 Å². The first-order valence-electron chi connectivity index (χ1n) is 5.71. The number of rotatable bonds is 6. The number of hydrogen-bond donors (Lipinski definition) is 1. The number of alkyl halides is 3. The fourth-order valence-electron chi connectivity index (χ4n) is 1.30. The van der Waals surface area contributed by atoms with Gasteiger partial charge in [0.2, 0.25) is 5.95 Å². The Morgan fingerprint density at radius 1 is 1.32 bits per heavy atom. The Morgan fingerprint density at radius 3 is 2.53 bits per heavy atom. The molecule has 0 unspecified atom stereocenters. The predicted molar refractivity (Wildman–Crippen MR) is 72.8 cm³/mol. The summed E-state index contributed by atoms with van der Waals surface area (Å²) in [7, 11) is 3.28. The van der Waals surface area contributed by atoms with E-state index in [4.69, 9.17) is 0 Å². The number of nitrogens with one attached hydrogen (secondary N) is 1. The van der Waals surface area contributed by atoms with E-state index in [1.807, 2.05) is 6.26 Å². The summed E-state index contributed by atoms with van der Waals surface area (Å²) < 4.78 is 38.1. The first kappa shape index (κ1) is 15.9. The summed E-state index contributed by atoms with van der Waals surface area (Å²) in [5.74, 6) is 1.18. The molecule has 0 aliphatic heterocycles. The monoisotopic (exact) mass is 294 g/mol. The van der Waals surface area contributed by atoms with Crippen LogP contribution in [0, 0.1) is 0 Å². The van der Waals surface area contributed by atoms with Crippen LogP contribution >= 0.6 is 11.8 Å². The summed E-state index contributed by atoms with van der Waals surface area (Å²) in [6.07, 6.45) is -1.65. The molecule has 1 aromatic heterocycles. The molecule has 19 heavy (non-hydrogen) atoms. The van der Waals surface area contributed by atoms with Crippen molar-refractivity contribution in [2.24, 2.45) is 0 Å². The molecule has 0 saturated carbocycles. The molecule has 0 radical (unpaired) electrons. The van der Waals surface area contributed by atoms with E-state index in [-0.39, 0.29) is 11.8 Å². The van der Waals surface area contributed by atoms with Crippen LogP contribution in [0.15, 0.2) is 6.07 Å². The largest absolute Gasteiger partial charge is 0.433 e. The standard InChI is InChI=1S/C11H17F3N4S/c1-18(2)9-7-8(11(12,13)14)16-10(17-9)15-5-4-6-19-3/h7H,4-6H2,1-3H3,(H,15,16,17). The third kappa shape index (κ3) is 5.14. The number of thioether (sulfide) groups is 1. The lowest BCUT2D eigenvalue weighted by Crippen LogP contribution is -2.18. The Morgan fingerprint density at radius 2 is 2.00 bits per heavy atom. The summed E-state index contributed by atoms with van der Waals surface area (Å²) in [6.45, 7) is 0.551. The molecule has 0 atom stereocenters. The molecule has 0 aliphatic carbocycles. The zero-order valence-corrected chi connectivity index (χ0v) is 11.9. The van der Waals surface area contributed by atoms with E-state index >= 15 is 0 Å². The zero-order valence-electron chi connectivity index (χ0n) is 11.1. The minimum atomic E-state index is -4.47. The quantitative estimate of drug-likeness (QED) is 0.817. The summed E-state index contributed by atoms with van der Waals surface area (Å²) in [5, 5.41) is 2.82. The Hall–Kier alpha value is -1.18. The third-order valence-corrected chi connectivity index (χ3v) is 2.97. The first-order chi connectivity index (χ1) is 8.84. The van der Waals surface area contributed by atoms with Crippen LogP contribution in [0.25, 0.3) is 0 Å². The smallest absolute Gasteiger partial charge is 0.363 e. The Labute approximate surface area is 114 Å². The van der Waals surface area contributed by atoms with E-state index in [1.54, 1.807) is 25.9 Å². The molecule has 108 valence electrons. The van der Waals surface area contributed by atoms with Gasteiger partial charge >= 0.3 is 6.18 Å². The molecule has 0 aromatic carbocycles. The van der Waals surface area contributed by atoms with Crippen LogP contribution in [0.2, 0.25) is 0 Å². The van der Waals surface area contributed by atoms with E-state index in [0.717, 1.165) is 18.2 Å². The highest BCUT2D eigenvalue weighted by molar-refractivity contribution is 7.98. The Kier molecular flexibility index (Phi) is 5.71. The summed E-state index contributed by atoms with van der Waals surface area (Å²) in [4.78, 5) is 9.06. The maximum Gasteiger partial charge on any atom is 0.433 e. The summed E-state index contributed by atoms with van der Waals surface area (Å²) >= 11 is 1.68. The number of hydrogen-bond acceptors (Lipinski definition) is 5. The molecular weight excluding hydrogens is 277 g/mol. The predicted octanol–water partition coefficient (Wildman–Crippen LogP) is 2.73. The Balaban J connectivity index is 2.88. The Bertz CT molecular complexity index is 409. The average molecular weight is 294 g/mol. The number of anilines is 2. The van der Waals surface area contributed by atoms with Crippen LogP contribution in [-0.4, -0.2) is 42.6 Å². The molecule has 0 aliphatic rings. The lowest BCUT2D eigenvalue weighted by atomic mass is 10.3. The molecule has 0 saturated heterocycles. The van der Waals surface area contributed by atoms with E-state index in [1.165, 1.54) is 4.90 Å². The second-order valence-electron chi connectivity index (χ2n) is 4.10. The van der Waals surface area contributed by atoms with Gasteiger partial charge < -0.3 is 10.2 Å². The van der Waals surface area contributed by atoms with Gasteiger partial charge in [-0.15, -0.1) is 0 Å². The van der Waals surface area contributed by atoms with Crippen molar-refractivity contribution in [1.82, 2.24) is 9.97 Å². The molecule has 1 N–H and O–H groups in total. The summed E-state index contributed by atoms with van der Waals surface area (Å²) in [6, 6.07) is 0.938. The molecule has 8 heteroatoms. The second kappa shape index (κ2) is 6.83. The van der Waals surface area contributed by atoms with Gasteiger partial charge in [0, 0.05) is 26.7 Å². The number of halogens is 3. The van der Waals surface area contributed by atoms with E-state index in [0.29, 0.717) is 6.54 Å². The molecular formula is C11H17F3N4S. The molecule has 4 nitrogen and oxygen atoms in total. The molecule has 1 heterocycles. The fourth-order valence-corrected chi connectivity index (χ4v) is 1.74. The number of nitrogens with zero attached hydrogens (tertiary/aromatic N) is 3.